The molecule has 4 heteroatoms. The Morgan fingerprint density at radius 2 is 1.67 bits per heavy atom. The van der Waals surface area contributed by atoms with Crippen molar-refractivity contribution in [1.29, 1.82) is 0 Å². The molecule has 0 fully saturated rings. The Labute approximate surface area is 112 Å². The lowest BCUT2D eigenvalue weighted by Crippen LogP contribution is -2.02. The summed E-state index contributed by atoms with van der Waals surface area (Å²) in [6, 6.07) is 8.49. The van der Waals surface area contributed by atoms with Gasteiger partial charge in [-0.3, -0.25) is 0 Å². The van der Waals surface area contributed by atoms with Crippen LogP contribution < -0.4 is 0 Å². The lowest BCUT2D eigenvalue weighted by atomic mass is 10.00. The molecular formula is C14H11BrF2O. The molecule has 0 aliphatic carbocycles. The molecule has 0 amide bonds. The largest absolute Gasteiger partial charge is 0.384 e. The highest BCUT2D eigenvalue weighted by Gasteiger charge is 2.15. The Balaban J connectivity index is 2.47. The summed E-state index contributed by atoms with van der Waals surface area (Å²) in [5, 5.41) is 10.2. The van der Waals surface area contributed by atoms with Gasteiger partial charge in [0.2, 0.25) is 0 Å². The minimum absolute atomic E-state index is 0.193. The van der Waals surface area contributed by atoms with Gasteiger partial charge < -0.3 is 5.11 Å². The van der Waals surface area contributed by atoms with Crippen LogP contribution in [0.4, 0.5) is 8.78 Å². The van der Waals surface area contributed by atoms with E-state index in [2.05, 4.69) is 15.9 Å². The molecule has 0 heterocycles. The summed E-state index contributed by atoms with van der Waals surface area (Å²) in [4.78, 5) is 0. The molecule has 2 rings (SSSR count). The average Bonchev–Trinajstić information content (AvgIpc) is 2.30. The second-order valence-electron chi connectivity index (χ2n) is 4.13. The van der Waals surface area contributed by atoms with Gasteiger partial charge in [-0.2, -0.15) is 0 Å². The SMILES string of the molecule is Cc1ccc(Br)c(C(O)c2cc(F)cc(F)c2)c1. The van der Waals surface area contributed by atoms with Gasteiger partial charge in [-0.1, -0.05) is 33.6 Å². The first-order valence-corrected chi connectivity index (χ1v) is 6.17. The number of aliphatic hydroxyl groups is 1. The van der Waals surface area contributed by atoms with E-state index in [0.29, 0.717) is 10.0 Å². The summed E-state index contributed by atoms with van der Waals surface area (Å²) < 4.78 is 26.9. The Hall–Kier alpha value is -1.26. The minimum Gasteiger partial charge on any atom is -0.384 e. The third-order valence-electron chi connectivity index (χ3n) is 2.65. The van der Waals surface area contributed by atoms with Crippen molar-refractivity contribution >= 4 is 15.9 Å². The molecule has 0 aliphatic rings. The highest BCUT2D eigenvalue weighted by Crippen LogP contribution is 2.30. The maximum atomic E-state index is 13.1. The Morgan fingerprint density at radius 1 is 1.06 bits per heavy atom. The monoisotopic (exact) mass is 312 g/mol. The lowest BCUT2D eigenvalue weighted by molar-refractivity contribution is 0.218. The van der Waals surface area contributed by atoms with E-state index in [-0.39, 0.29) is 5.56 Å². The van der Waals surface area contributed by atoms with Gasteiger partial charge in [0.25, 0.3) is 0 Å². The van der Waals surface area contributed by atoms with E-state index in [1.54, 1.807) is 12.1 Å². The van der Waals surface area contributed by atoms with E-state index >= 15 is 0 Å². The fraction of sp³-hybridized carbons (Fsp3) is 0.143. The zero-order valence-electron chi connectivity index (χ0n) is 9.62. The fourth-order valence-electron chi connectivity index (χ4n) is 1.79. The second-order valence-corrected chi connectivity index (χ2v) is 4.98. The molecule has 2 aromatic rings. The summed E-state index contributed by atoms with van der Waals surface area (Å²) >= 11 is 3.32. The van der Waals surface area contributed by atoms with Gasteiger partial charge >= 0.3 is 0 Å². The maximum Gasteiger partial charge on any atom is 0.126 e. The standard InChI is InChI=1S/C14H11BrF2O/c1-8-2-3-13(15)12(4-8)14(18)9-5-10(16)7-11(17)6-9/h2-7,14,18H,1H3. The molecule has 2 aromatic carbocycles. The molecule has 1 nitrogen and oxygen atoms in total. The predicted octanol–water partition coefficient (Wildman–Crippen LogP) is 4.12. The number of aryl methyl sites for hydroxylation is 1. The Bertz CT molecular complexity index is 564. The molecule has 18 heavy (non-hydrogen) atoms. The summed E-state index contributed by atoms with van der Waals surface area (Å²) in [6.07, 6.45) is -1.07. The number of aliphatic hydroxyl groups excluding tert-OH is 1. The highest BCUT2D eigenvalue weighted by molar-refractivity contribution is 9.10. The van der Waals surface area contributed by atoms with Gasteiger partial charge in [0.05, 0.1) is 0 Å². The molecule has 1 unspecified atom stereocenters. The molecule has 1 N–H and O–H groups in total. The van der Waals surface area contributed by atoms with Crippen molar-refractivity contribution in [3.63, 3.8) is 0 Å². The zero-order valence-corrected chi connectivity index (χ0v) is 11.2. The van der Waals surface area contributed by atoms with Gasteiger partial charge in [0.1, 0.15) is 17.7 Å². The number of hydrogen-bond acceptors (Lipinski definition) is 1. The molecule has 0 bridgehead atoms. The third kappa shape index (κ3) is 2.76. The second kappa shape index (κ2) is 5.16. The van der Waals surface area contributed by atoms with Crippen LogP contribution in [0.2, 0.25) is 0 Å². The molecule has 0 radical (unpaired) electrons. The van der Waals surface area contributed by atoms with Crippen molar-refractivity contribution in [2.45, 2.75) is 13.0 Å². The molecule has 0 aromatic heterocycles. The van der Waals surface area contributed by atoms with Gasteiger partial charge in [-0.15, -0.1) is 0 Å². The number of halogens is 3. The van der Waals surface area contributed by atoms with Gasteiger partial charge in [-0.25, -0.2) is 8.78 Å². The van der Waals surface area contributed by atoms with E-state index in [0.717, 1.165) is 23.8 Å². The first-order valence-electron chi connectivity index (χ1n) is 5.37. The quantitative estimate of drug-likeness (QED) is 0.884. The van der Waals surface area contributed by atoms with E-state index in [9.17, 15) is 13.9 Å². The van der Waals surface area contributed by atoms with Crippen molar-refractivity contribution in [2.75, 3.05) is 0 Å². The summed E-state index contributed by atoms with van der Waals surface area (Å²) in [5.74, 6) is -1.40. The van der Waals surface area contributed by atoms with Crippen LogP contribution in [-0.2, 0) is 0 Å². The Morgan fingerprint density at radius 3 is 2.28 bits per heavy atom. The summed E-state index contributed by atoms with van der Waals surface area (Å²) in [7, 11) is 0. The van der Waals surface area contributed by atoms with Crippen LogP contribution in [0.5, 0.6) is 0 Å². The maximum absolute atomic E-state index is 13.1. The van der Waals surface area contributed by atoms with Crippen molar-refractivity contribution in [2.24, 2.45) is 0 Å². The lowest BCUT2D eigenvalue weighted by Gasteiger charge is -2.14. The number of rotatable bonds is 2. The molecule has 1 atom stereocenters. The molecular weight excluding hydrogens is 302 g/mol. The van der Waals surface area contributed by atoms with E-state index < -0.39 is 17.7 Å². The van der Waals surface area contributed by atoms with Crippen LogP contribution >= 0.6 is 15.9 Å². The van der Waals surface area contributed by atoms with Crippen molar-refractivity contribution in [3.05, 3.63) is 69.2 Å². The zero-order chi connectivity index (χ0) is 13.3. The van der Waals surface area contributed by atoms with E-state index in [1.807, 2.05) is 13.0 Å². The Kier molecular flexibility index (Phi) is 3.78. The van der Waals surface area contributed by atoms with Crippen molar-refractivity contribution in [1.82, 2.24) is 0 Å². The van der Waals surface area contributed by atoms with Crippen molar-refractivity contribution < 1.29 is 13.9 Å². The predicted molar refractivity (Wildman–Crippen MR) is 69.3 cm³/mol. The van der Waals surface area contributed by atoms with Gasteiger partial charge in [0, 0.05) is 10.5 Å². The van der Waals surface area contributed by atoms with Crippen LogP contribution in [0, 0.1) is 18.6 Å². The van der Waals surface area contributed by atoms with Crippen molar-refractivity contribution in [3.8, 4) is 0 Å². The molecule has 94 valence electrons. The fourth-order valence-corrected chi connectivity index (χ4v) is 2.25. The van der Waals surface area contributed by atoms with Crippen LogP contribution in [0.3, 0.4) is 0 Å². The summed E-state index contributed by atoms with van der Waals surface area (Å²) in [6.45, 7) is 1.88. The topological polar surface area (TPSA) is 20.2 Å². The third-order valence-corrected chi connectivity index (χ3v) is 3.37. The number of benzene rings is 2. The molecule has 0 spiro atoms. The average molecular weight is 313 g/mol. The minimum atomic E-state index is -1.07. The highest BCUT2D eigenvalue weighted by atomic mass is 79.9. The van der Waals surface area contributed by atoms with Crippen LogP contribution in [0.15, 0.2) is 40.9 Å². The van der Waals surface area contributed by atoms with Gasteiger partial charge in [-0.05, 0) is 36.2 Å². The molecule has 0 saturated carbocycles. The van der Waals surface area contributed by atoms with Crippen LogP contribution in [-0.4, -0.2) is 5.11 Å². The molecule has 0 aliphatic heterocycles. The van der Waals surface area contributed by atoms with E-state index in [4.69, 9.17) is 0 Å². The number of hydrogen-bond donors (Lipinski definition) is 1. The van der Waals surface area contributed by atoms with Crippen LogP contribution in [0.25, 0.3) is 0 Å². The van der Waals surface area contributed by atoms with Crippen LogP contribution in [0.1, 0.15) is 22.8 Å². The normalized spacial score (nSPS) is 12.5. The molecule has 0 saturated heterocycles. The first kappa shape index (κ1) is 13.2. The first-order chi connectivity index (χ1) is 8.47. The summed E-state index contributed by atoms with van der Waals surface area (Å²) in [5.41, 5.74) is 1.74. The van der Waals surface area contributed by atoms with E-state index in [1.165, 1.54) is 0 Å². The van der Waals surface area contributed by atoms with Gasteiger partial charge in [0.15, 0.2) is 0 Å². The smallest absolute Gasteiger partial charge is 0.126 e.